The molecule has 0 radical (unpaired) electrons. The molecule has 1 amide bonds. The molecule has 0 aromatic heterocycles. The Hall–Kier alpha value is -1.71. The van der Waals surface area contributed by atoms with Crippen LogP contribution in [0.5, 0.6) is 0 Å². The Morgan fingerprint density at radius 3 is 2.50 bits per heavy atom. The highest BCUT2D eigenvalue weighted by molar-refractivity contribution is 6.34. The van der Waals surface area contributed by atoms with Gasteiger partial charge in [-0.1, -0.05) is 41.4 Å². The van der Waals surface area contributed by atoms with E-state index in [1.807, 2.05) is 31.2 Å². The molecule has 0 bridgehead atoms. The van der Waals surface area contributed by atoms with Crippen LogP contribution in [-0.2, 0) is 4.79 Å². The zero-order valence-corrected chi connectivity index (χ0v) is 12.4. The van der Waals surface area contributed by atoms with Crippen molar-refractivity contribution in [3.63, 3.8) is 0 Å². The molecular weight excluding hydrogens is 295 g/mol. The first-order chi connectivity index (χ1) is 9.56. The number of hydrogen-bond acceptors (Lipinski definition) is 2. The Balaban J connectivity index is 1.94. The van der Waals surface area contributed by atoms with Gasteiger partial charge in [0.1, 0.15) is 0 Å². The molecule has 2 N–H and O–H groups in total. The number of carbonyl (C=O) groups excluding carboxylic acids is 1. The summed E-state index contributed by atoms with van der Waals surface area (Å²) in [6.45, 7) is 2.06. The van der Waals surface area contributed by atoms with E-state index < -0.39 is 0 Å². The van der Waals surface area contributed by atoms with Crippen molar-refractivity contribution in [2.24, 2.45) is 0 Å². The molecule has 104 valence electrons. The number of amides is 1. The first-order valence-corrected chi connectivity index (χ1v) is 6.86. The Bertz CT molecular complexity index is 629. The first-order valence-electron chi connectivity index (χ1n) is 6.10. The van der Waals surface area contributed by atoms with Crippen LogP contribution in [0.1, 0.15) is 5.56 Å². The second-order valence-corrected chi connectivity index (χ2v) is 5.18. The van der Waals surface area contributed by atoms with Crippen LogP contribution in [0.25, 0.3) is 0 Å². The number of hydrogen-bond donors (Lipinski definition) is 2. The van der Waals surface area contributed by atoms with Gasteiger partial charge in [-0.3, -0.25) is 4.79 Å². The molecule has 0 unspecified atom stereocenters. The van der Waals surface area contributed by atoms with Crippen LogP contribution in [0.3, 0.4) is 0 Å². The summed E-state index contributed by atoms with van der Waals surface area (Å²) < 4.78 is 0. The van der Waals surface area contributed by atoms with E-state index in [0.717, 1.165) is 11.3 Å². The van der Waals surface area contributed by atoms with Crippen molar-refractivity contribution in [3.05, 3.63) is 58.1 Å². The van der Waals surface area contributed by atoms with Gasteiger partial charge in [-0.05, 0) is 36.8 Å². The van der Waals surface area contributed by atoms with Gasteiger partial charge in [0.25, 0.3) is 0 Å². The zero-order chi connectivity index (χ0) is 14.5. The maximum Gasteiger partial charge on any atom is 0.243 e. The summed E-state index contributed by atoms with van der Waals surface area (Å²) in [5, 5.41) is 6.83. The van der Waals surface area contributed by atoms with Crippen LogP contribution in [-0.4, -0.2) is 12.5 Å². The van der Waals surface area contributed by atoms with Crippen molar-refractivity contribution in [1.82, 2.24) is 0 Å². The number of benzene rings is 2. The number of carbonyl (C=O) groups is 1. The predicted octanol–water partition coefficient (Wildman–Crippen LogP) is 4.35. The van der Waals surface area contributed by atoms with E-state index in [9.17, 15) is 4.79 Å². The SMILES string of the molecule is Cc1ccc(NC(=O)CNc2ccccc2Cl)c(Cl)c1. The monoisotopic (exact) mass is 308 g/mol. The van der Waals surface area contributed by atoms with Crippen molar-refractivity contribution in [1.29, 1.82) is 0 Å². The van der Waals surface area contributed by atoms with Crippen molar-refractivity contribution < 1.29 is 4.79 Å². The summed E-state index contributed by atoms with van der Waals surface area (Å²) in [5.41, 5.74) is 2.37. The third-order valence-corrected chi connectivity index (χ3v) is 3.35. The molecule has 0 saturated heterocycles. The highest BCUT2D eigenvalue weighted by Crippen LogP contribution is 2.23. The summed E-state index contributed by atoms with van der Waals surface area (Å²) in [6.07, 6.45) is 0. The molecule has 0 spiro atoms. The largest absolute Gasteiger partial charge is 0.375 e. The van der Waals surface area contributed by atoms with Gasteiger partial charge in [0, 0.05) is 0 Å². The van der Waals surface area contributed by atoms with Gasteiger partial charge in [-0.15, -0.1) is 0 Å². The number of rotatable bonds is 4. The molecule has 2 aromatic rings. The number of halogens is 2. The lowest BCUT2D eigenvalue weighted by Gasteiger charge is -2.10. The zero-order valence-electron chi connectivity index (χ0n) is 10.9. The molecule has 2 rings (SSSR count). The first kappa shape index (κ1) is 14.7. The van der Waals surface area contributed by atoms with Crippen LogP contribution in [0.15, 0.2) is 42.5 Å². The molecule has 0 atom stereocenters. The van der Waals surface area contributed by atoms with E-state index >= 15 is 0 Å². The molecule has 0 fully saturated rings. The molecular formula is C15H14Cl2N2O. The topological polar surface area (TPSA) is 41.1 Å². The summed E-state index contributed by atoms with van der Waals surface area (Å²) in [4.78, 5) is 11.9. The van der Waals surface area contributed by atoms with Gasteiger partial charge in [-0.2, -0.15) is 0 Å². The normalized spacial score (nSPS) is 10.2. The Morgan fingerprint density at radius 2 is 1.80 bits per heavy atom. The highest BCUT2D eigenvalue weighted by atomic mass is 35.5. The molecule has 0 aliphatic heterocycles. The minimum atomic E-state index is -0.185. The van der Waals surface area contributed by atoms with Gasteiger partial charge < -0.3 is 10.6 Å². The fourth-order valence-electron chi connectivity index (χ4n) is 1.70. The predicted molar refractivity (Wildman–Crippen MR) is 84.8 cm³/mol. The molecule has 0 aliphatic rings. The van der Waals surface area contributed by atoms with Gasteiger partial charge in [0.05, 0.1) is 28.0 Å². The second kappa shape index (κ2) is 6.64. The Labute approximate surface area is 127 Å². The number of nitrogens with one attached hydrogen (secondary N) is 2. The maximum absolute atomic E-state index is 11.9. The van der Waals surface area contributed by atoms with Crippen LogP contribution < -0.4 is 10.6 Å². The lowest BCUT2D eigenvalue weighted by molar-refractivity contribution is -0.114. The lowest BCUT2D eigenvalue weighted by atomic mass is 10.2. The molecule has 5 heteroatoms. The molecule has 2 aromatic carbocycles. The quantitative estimate of drug-likeness (QED) is 0.881. The van der Waals surface area contributed by atoms with E-state index in [1.165, 1.54) is 0 Å². The highest BCUT2D eigenvalue weighted by Gasteiger charge is 2.06. The summed E-state index contributed by atoms with van der Waals surface area (Å²) in [7, 11) is 0. The molecule has 0 aliphatic carbocycles. The summed E-state index contributed by atoms with van der Waals surface area (Å²) in [6, 6.07) is 12.7. The molecule has 0 saturated carbocycles. The standard InChI is InChI=1S/C15H14Cl2N2O/c1-10-6-7-14(12(17)8-10)19-15(20)9-18-13-5-3-2-4-11(13)16/h2-8,18H,9H2,1H3,(H,19,20). The van der Waals surface area contributed by atoms with E-state index in [0.29, 0.717) is 15.7 Å². The van der Waals surface area contributed by atoms with Crippen LogP contribution >= 0.6 is 23.2 Å². The third-order valence-electron chi connectivity index (χ3n) is 2.71. The number of aryl methyl sites for hydroxylation is 1. The van der Waals surface area contributed by atoms with E-state index in [1.54, 1.807) is 18.2 Å². The Kier molecular flexibility index (Phi) is 4.88. The van der Waals surface area contributed by atoms with Crippen LogP contribution in [0, 0.1) is 6.92 Å². The second-order valence-electron chi connectivity index (χ2n) is 4.36. The maximum atomic E-state index is 11.9. The fraction of sp³-hybridized carbons (Fsp3) is 0.133. The third kappa shape index (κ3) is 3.89. The van der Waals surface area contributed by atoms with Gasteiger partial charge in [0.15, 0.2) is 0 Å². The molecule has 3 nitrogen and oxygen atoms in total. The van der Waals surface area contributed by atoms with E-state index in [-0.39, 0.29) is 12.5 Å². The number of para-hydroxylation sites is 1. The average molecular weight is 309 g/mol. The summed E-state index contributed by atoms with van der Waals surface area (Å²) in [5.74, 6) is -0.185. The minimum Gasteiger partial charge on any atom is -0.375 e. The van der Waals surface area contributed by atoms with Crippen molar-refractivity contribution in [2.75, 3.05) is 17.2 Å². The van der Waals surface area contributed by atoms with E-state index in [2.05, 4.69) is 10.6 Å². The summed E-state index contributed by atoms with van der Waals surface area (Å²) >= 11 is 12.1. The fourth-order valence-corrected chi connectivity index (χ4v) is 2.18. The molecule has 20 heavy (non-hydrogen) atoms. The lowest BCUT2D eigenvalue weighted by Crippen LogP contribution is -2.22. The molecule has 0 heterocycles. The van der Waals surface area contributed by atoms with Crippen molar-refractivity contribution >= 4 is 40.5 Å². The average Bonchev–Trinajstić information content (AvgIpc) is 2.41. The smallest absolute Gasteiger partial charge is 0.243 e. The van der Waals surface area contributed by atoms with Crippen LogP contribution in [0.2, 0.25) is 10.0 Å². The van der Waals surface area contributed by atoms with Crippen molar-refractivity contribution in [3.8, 4) is 0 Å². The number of anilines is 2. The van der Waals surface area contributed by atoms with Crippen molar-refractivity contribution in [2.45, 2.75) is 6.92 Å². The minimum absolute atomic E-state index is 0.119. The van der Waals surface area contributed by atoms with Gasteiger partial charge in [-0.25, -0.2) is 0 Å². The van der Waals surface area contributed by atoms with E-state index in [4.69, 9.17) is 23.2 Å². The van der Waals surface area contributed by atoms with Gasteiger partial charge in [0.2, 0.25) is 5.91 Å². The Morgan fingerprint density at radius 1 is 1.05 bits per heavy atom. The van der Waals surface area contributed by atoms with Crippen LogP contribution in [0.4, 0.5) is 11.4 Å². The van der Waals surface area contributed by atoms with Gasteiger partial charge >= 0.3 is 0 Å².